The molecular formula is C17H43N4Ta. The van der Waals surface area contributed by atoms with Gasteiger partial charge in [0.2, 0.25) is 0 Å². The summed E-state index contributed by atoms with van der Waals surface area (Å²) in [6.07, 6.45) is 3.65. The second kappa shape index (κ2) is 57.8. The minimum Gasteiger partial charge on any atom is -0.693 e. The molecule has 0 radical (unpaired) electrons. The molecule has 0 atom stereocenters. The van der Waals surface area contributed by atoms with Crippen molar-refractivity contribution in [3.05, 3.63) is 29.0 Å². The van der Waals surface area contributed by atoms with E-state index < -0.39 is 0 Å². The maximum atomic E-state index is 3.97. The summed E-state index contributed by atoms with van der Waals surface area (Å²) >= 11 is 0. The molecule has 0 rings (SSSR count). The van der Waals surface area contributed by atoms with Gasteiger partial charge in [-0.2, -0.15) is 45.7 Å². The van der Waals surface area contributed by atoms with Crippen molar-refractivity contribution in [1.82, 2.24) is 0 Å². The van der Waals surface area contributed by atoms with Gasteiger partial charge in [-0.15, -0.1) is 0 Å². The second-order valence-corrected chi connectivity index (χ2v) is 3.78. The van der Waals surface area contributed by atoms with E-state index in [9.17, 15) is 0 Å². The van der Waals surface area contributed by atoms with Crippen molar-refractivity contribution in [1.29, 1.82) is 0 Å². The van der Waals surface area contributed by atoms with Gasteiger partial charge in [0.25, 0.3) is 0 Å². The molecule has 0 unspecified atom stereocenters. The zero-order valence-corrected chi connectivity index (χ0v) is 19.7. The van der Waals surface area contributed by atoms with Crippen LogP contribution in [-0.4, -0.2) is 39.3 Å². The molecule has 0 aromatic rings. The SMILES string of the molecule is CC[N-]CC.CC[N-]CC.CC[N-]CC.[CH2-]CCCC.[NH2-].[Ta+5]. The molecule has 0 aromatic heterocycles. The third-order valence-corrected chi connectivity index (χ3v) is 1.95. The fourth-order valence-corrected chi connectivity index (χ4v) is 0.921. The standard InChI is InChI=1S/C5H11.3C4H10N.H2N.Ta/c4*1-3-5-4-2;;/h1,3-5H2,2H3;3*3-4H2,1-2H3;1H2;/q5*-1;+5. The molecule has 0 aromatic carbocycles. The van der Waals surface area contributed by atoms with Crippen LogP contribution in [0.1, 0.15) is 67.7 Å². The Morgan fingerprint density at radius 3 is 0.818 bits per heavy atom. The predicted molar refractivity (Wildman–Crippen MR) is 103 cm³/mol. The molecule has 22 heavy (non-hydrogen) atoms. The Kier molecular flexibility index (Phi) is 100. The van der Waals surface area contributed by atoms with Crippen molar-refractivity contribution in [3.8, 4) is 0 Å². The third kappa shape index (κ3) is 107. The van der Waals surface area contributed by atoms with Crippen molar-refractivity contribution in [2.45, 2.75) is 67.7 Å². The minimum atomic E-state index is 0. The molecule has 0 aliphatic rings. The quantitative estimate of drug-likeness (QED) is 0.335. The molecule has 0 spiro atoms. The molecule has 0 saturated heterocycles. The zero-order valence-electron chi connectivity index (χ0n) is 16.4. The van der Waals surface area contributed by atoms with Crippen LogP contribution in [0.3, 0.4) is 0 Å². The molecule has 2 N–H and O–H groups in total. The number of nitrogens with two attached hydrogens (primary N) is 1. The van der Waals surface area contributed by atoms with E-state index in [0.717, 1.165) is 45.7 Å². The molecule has 0 amide bonds. The van der Waals surface area contributed by atoms with Gasteiger partial charge in [-0.05, 0) is 0 Å². The Morgan fingerprint density at radius 1 is 0.591 bits per heavy atom. The largest absolute Gasteiger partial charge is 5.00 e. The van der Waals surface area contributed by atoms with Crippen LogP contribution < -0.4 is 0 Å². The first kappa shape index (κ1) is 38.3. The van der Waals surface area contributed by atoms with E-state index in [1.54, 1.807) is 0 Å². The number of nitrogens with zero attached hydrogens (tertiary/aromatic N) is 3. The molecule has 5 heteroatoms. The molecule has 0 bridgehead atoms. The van der Waals surface area contributed by atoms with Gasteiger partial charge in [-0.25, -0.2) is 0 Å². The first-order valence-corrected chi connectivity index (χ1v) is 8.35. The number of unbranched alkanes of at least 4 members (excludes halogenated alkanes) is 2. The summed E-state index contributed by atoms with van der Waals surface area (Å²) in [6, 6.07) is 0. The van der Waals surface area contributed by atoms with Gasteiger partial charge in [-0.1, -0.05) is 61.3 Å². The Bertz CT molecular complexity index is 74.7. The summed E-state index contributed by atoms with van der Waals surface area (Å²) in [7, 11) is 0. The Labute approximate surface area is 158 Å². The molecule has 0 aliphatic heterocycles. The summed E-state index contributed by atoms with van der Waals surface area (Å²) in [5, 5.41) is 11.9. The van der Waals surface area contributed by atoms with Crippen molar-refractivity contribution in [2.24, 2.45) is 0 Å². The van der Waals surface area contributed by atoms with Crippen molar-refractivity contribution in [2.75, 3.05) is 39.3 Å². The topological polar surface area (TPSA) is 75.8 Å². The van der Waals surface area contributed by atoms with E-state index in [4.69, 9.17) is 0 Å². The Balaban J connectivity index is -0.0000000376. The van der Waals surface area contributed by atoms with E-state index in [-0.39, 0.29) is 28.5 Å². The smallest absolute Gasteiger partial charge is 0.693 e. The molecule has 0 heterocycles. The molecule has 0 fully saturated rings. The van der Waals surface area contributed by atoms with Crippen LogP contribution in [0.2, 0.25) is 0 Å². The van der Waals surface area contributed by atoms with E-state index in [2.05, 4.69) is 29.8 Å². The fourth-order valence-electron chi connectivity index (χ4n) is 0.921. The van der Waals surface area contributed by atoms with Crippen LogP contribution in [0.5, 0.6) is 0 Å². The molecule has 136 valence electrons. The van der Waals surface area contributed by atoms with Crippen LogP contribution in [-0.2, 0) is 22.4 Å². The van der Waals surface area contributed by atoms with Crippen molar-refractivity contribution < 1.29 is 22.4 Å². The molecule has 4 nitrogen and oxygen atoms in total. The van der Waals surface area contributed by atoms with E-state index in [0.29, 0.717) is 0 Å². The number of rotatable bonds is 8. The summed E-state index contributed by atoms with van der Waals surface area (Å²) in [5.74, 6) is 0. The van der Waals surface area contributed by atoms with E-state index in [1.807, 2.05) is 41.5 Å². The summed E-state index contributed by atoms with van der Waals surface area (Å²) in [4.78, 5) is 0. The average molecular weight is 485 g/mol. The molecule has 0 aliphatic carbocycles. The summed E-state index contributed by atoms with van der Waals surface area (Å²) in [6.45, 7) is 23.9. The number of hydrogen-bond donors (Lipinski definition) is 0. The van der Waals surface area contributed by atoms with Crippen LogP contribution in [0.4, 0.5) is 0 Å². The van der Waals surface area contributed by atoms with Gasteiger partial charge >= 0.3 is 22.4 Å². The van der Waals surface area contributed by atoms with Gasteiger partial charge in [0, 0.05) is 0 Å². The van der Waals surface area contributed by atoms with Crippen LogP contribution in [0.15, 0.2) is 0 Å². The maximum absolute atomic E-state index is 3.97. The summed E-state index contributed by atoms with van der Waals surface area (Å²) in [5.41, 5.74) is 0. The van der Waals surface area contributed by atoms with E-state index in [1.165, 1.54) is 12.8 Å². The van der Waals surface area contributed by atoms with Gasteiger partial charge in [0.1, 0.15) is 0 Å². The van der Waals surface area contributed by atoms with Gasteiger partial charge in [-0.3, -0.25) is 0 Å². The van der Waals surface area contributed by atoms with E-state index >= 15 is 0 Å². The molecule has 0 saturated carbocycles. The first-order chi connectivity index (χ1) is 9.66. The average Bonchev–Trinajstić information content (AvgIpc) is 2.44. The van der Waals surface area contributed by atoms with Crippen LogP contribution >= 0.6 is 0 Å². The Hall–Kier alpha value is 0.580. The van der Waals surface area contributed by atoms with Crippen LogP contribution in [0.25, 0.3) is 22.1 Å². The summed E-state index contributed by atoms with van der Waals surface area (Å²) < 4.78 is 0. The monoisotopic (exact) mass is 484 g/mol. The molecular weight excluding hydrogens is 441 g/mol. The van der Waals surface area contributed by atoms with Gasteiger partial charge < -0.3 is 29.0 Å². The Morgan fingerprint density at radius 2 is 0.818 bits per heavy atom. The first-order valence-electron chi connectivity index (χ1n) is 8.35. The predicted octanol–water partition coefficient (Wildman–Crippen LogP) is 6.92. The van der Waals surface area contributed by atoms with Crippen molar-refractivity contribution in [3.63, 3.8) is 0 Å². The normalized spacial score (nSPS) is 7.64. The fraction of sp³-hybridized carbons (Fsp3) is 0.941. The minimum absolute atomic E-state index is 0. The third-order valence-electron chi connectivity index (χ3n) is 1.95. The zero-order chi connectivity index (χ0) is 16.5. The maximum Gasteiger partial charge on any atom is 5.00 e. The number of hydrogen-bond acceptors (Lipinski definition) is 0. The van der Waals surface area contributed by atoms with Gasteiger partial charge in [0.15, 0.2) is 0 Å². The van der Waals surface area contributed by atoms with Gasteiger partial charge in [0.05, 0.1) is 0 Å². The second-order valence-electron chi connectivity index (χ2n) is 3.78. The van der Waals surface area contributed by atoms with Crippen LogP contribution in [0, 0.1) is 6.92 Å². The van der Waals surface area contributed by atoms with Crippen molar-refractivity contribution >= 4 is 0 Å².